The first-order valence-electron chi connectivity index (χ1n) is 4.97. The van der Waals surface area contributed by atoms with Gasteiger partial charge in [0.1, 0.15) is 0 Å². The first kappa shape index (κ1) is 16.4. The zero-order valence-corrected chi connectivity index (χ0v) is 11.9. The minimum atomic E-state index is -0.209. The maximum absolute atomic E-state index is 11.5. The summed E-state index contributed by atoms with van der Waals surface area (Å²) in [6.45, 7) is 2.70. The monoisotopic (exact) mass is 326 g/mol. The summed E-state index contributed by atoms with van der Waals surface area (Å²) in [6.07, 6.45) is 0. The Morgan fingerprint density at radius 3 is 2.76 bits per heavy atom. The van der Waals surface area contributed by atoms with Crippen molar-refractivity contribution >= 4 is 34.2 Å². The normalized spacial score (nSPS) is 9.76. The molecule has 1 heterocycles. The van der Waals surface area contributed by atoms with E-state index >= 15 is 0 Å². The highest BCUT2D eigenvalue weighted by molar-refractivity contribution is 9.10. The Kier molecular flexibility index (Phi) is 9.16. The van der Waals surface area contributed by atoms with Crippen molar-refractivity contribution in [2.75, 3.05) is 33.4 Å². The molecule has 2 N–H and O–H groups in total. The molecule has 17 heavy (non-hydrogen) atoms. The summed E-state index contributed by atoms with van der Waals surface area (Å²) in [5, 5.41) is 5.85. The predicted molar refractivity (Wildman–Crippen MR) is 70.7 cm³/mol. The van der Waals surface area contributed by atoms with Gasteiger partial charge in [0.05, 0.1) is 6.61 Å². The van der Waals surface area contributed by atoms with Crippen LogP contribution in [0.4, 0.5) is 0 Å². The lowest BCUT2D eigenvalue weighted by Gasteiger charge is -2.04. The largest absolute Gasteiger partial charge is 0.444 e. The van der Waals surface area contributed by atoms with Crippen LogP contribution >= 0.6 is 28.3 Å². The number of furan rings is 1. The van der Waals surface area contributed by atoms with Crippen molar-refractivity contribution in [2.45, 2.75) is 0 Å². The Labute approximate surface area is 115 Å². The molecule has 0 bridgehead atoms. The molecule has 1 rings (SSSR count). The second-order valence-corrected chi connectivity index (χ2v) is 3.88. The number of hydrogen-bond donors (Lipinski definition) is 2. The third-order valence-corrected chi connectivity index (χ3v) is 2.29. The van der Waals surface area contributed by atoms with Crippen LogP contribution in [0.15, 0.2) is 21.2 Å². The predicted octanol–water partition coefficient (Wildman–Crippen LogP) is 1.43. The molecule has 0 saturated carbocycles. The zero-order valence-electron chi connectivity index (χ0n) is 9.49. The Morgan fingerprint density at radius 1 is 1.41 bits per heavy atom. The van der Waals surface area contributed by atoms with Gasteiger partial charge in [-0.05, 0) is 28.1 Å². The number of halogens is 2. The van der Waals surface area contributed by atoms with E-state index in [4.69, 9.17) is 9.15 Å². The molecule has 0 aliphatic rings. The van der Waals surface area contributed by atoms with Crippen molar-refractivity contribution in [3.63, 3.8) is 0 Å². The van der Waals surface area contributed by atoms with E-state index in [0.717, 1.165) is 6.54 Å². The summed E-state index contributed by atoms with van der Waals surface area (Å²) in [4.78, 5) is 11.5. The molecule has 0 radical (unpaired) electrons. The van der Waals surface area contributed by atoms with Crippen molar-refractivity contribution in [1.82, 2.24) is 10.6 Å². The summed E-state index contributed by atoms with van der Waals surface area (Å²) in [6, 6.07) is 3.31. The summed E-state index contributed by atoms with van der Waals surface area (Å²) >= 11 is 3.14. The van der Waals surface area contributed by atoms with Crippen LogP contribution in [-0.2, 0) is 4.74 Å². The van der Waals surface area contributed by atoms with E-state index in [1.54, 1.807) is 19.2 Å². The van der Waals surface area contributed by atoms with E-state index in [-0.39, 0.29) is 18.3 Å². The fraction of sp³-hybridized carbons (Fsp3) is 0.500. The van der Waals surface area contributed by atoms with E-state index in [0.29, 0.717) is 30.1 Å². The second kappa shape index (κ2) is 9.47. The Bertz CT molecular complexity index is 333. The number of rotatable bonds is 7. The molecule has 0 fully saturated rings. The van der Waals surface area contributed by atoms with Crippen molar-refractivity contribution in [1.29, 1.82) is 0 Å². The van der Waals surface area contributed by atoms with Crippen molar-refractivity contribution in [2.24, 2.45) is 0 Å². The van der Waals surface area contributed by atoms with Gasteiger partial charge < -0.3 is 19.8 Å². The van der Waals surface area contributed by atoms with Crippen LogP contribution < -0.4 is 10.6 Å². The molecule has 1 aromatic rings. The lowest BCUT2D eigenvalue weighted by molar-refractivity contribution is 0.0925. The van der Waals surface area contributed by atoms with Crippen molar-refractivity contribution in [3.05, 3.63) is 22.6 Å². The number of amides is 1. The highest BCUT2D eigenvalue weighted by Gasteiger charge is 2.08. The number of hydrogen-bond acceptors (Lipinski definition) is 4. The first-order chi connectivity index (χ1) is 7.74. The highest BCUT2D eigenvalue weighted by Crippen LogP contribution is 2.13. The van der Waals surface area contributed by atoms with Gasteiger partial charge in [0, 0.05) is 26.7 Å². The summed E-state index contributed by atoms with van der Waals surface area (Å²) in [5.41, 5.74) is 0. The Morgan fingerprint density at radius 2 is 2.18 bits per heavy atom. The molecule has 1 aromatic heterocycles. The Balaban J connectivity index is 0.00000256. The summed E-state index contributed by atoms with van der Waals surface area (Å²) in [7, 11) is 1.65. The van der Waals surface area contributed by atoms with Gasteiger partial charge in [-0.3, -0.25) is 4.79 Å². The van der Waals surface area contributed by atoms with Gasteiger partial charge in [-0.1, -0.05) is 0 Å². The maximum atomic E-state index is 11.5. The van der Waals surface area contributed by atoms with E-state index in [9.17, 15) is 4.79 Å². The smallest absolute Gasteiger partial charge is 0.287 e. The molecule has 0 aliphatic carbocycles. The van der Waals surface area contributed by atoms with Crippen molar-refractivity contribution in [3.8, 4) is 0 Å². The minimum absolute atomic E-state index is 0. The fourth-order valence-corrected chi connectivity index (χ4v) is 1.39. The molecule has 0 aliphatic heterocycles. The topological polar surface area (TPSA) is 63.5 Å². The maximum Gasteiger partial charge on any atom is 0.287 e. The minimum Gasteiger partial charge on any atom is -0.444 e. The second-order valence-electron chi connectivity index (χ2n) is 3.10. The standard InChI is InChI=1S/C10H15BrN2O3.ClH/c1-15-7-6-12-4-5-13-10(14)8-2-3-9(11)16-8;/h2-3,12H,4-7H2,1H3,(H,13,14);1H. The van der Waals surface area contributed by atoms with Gasteiger partial charge in [0.25, 0.3) is 5.91 Å². The molecular formula is C10H16BrClN2O3. The number of carbonyl (C=O) groups is 1. The lowest BCUT2D eigenvalue weighted by Crippen LogP contribution is -2.32. The zero-order chi connectivity index (χ0) is 11.8. The van der Waals surface area contributed by atoms with Gasteiger partial charge in [-0.15, -0.1) is 12.4 Å². The molecule has 98 valence electrons. The van der Waals surface area contributed by atoms with Gasteiger partial charge in [0.2, 0.25) is 0 Å². The van der Waals surface area contributed by atoms with Crippen molar-refractivity contribution < 1.29 is 13.9 Å². The van der Waals surface area contributed by atoms with Gasteiger partial charge in [-0.25, -0.2) is 0 Å². The third-order valence-electron chi connectivity index (χ3n) is 1.87. The molecule has 1 amide bonds. The molecule has 5 nitrogen and oxygen atoms in total. The van der Waals surface area contributed by atoms with E-state index in [1.165, 1.54) is 0 Å². The van der Waals surface area contributed by atoms with Crippen LogP contribution in [0.3, 0.4) is 0 Å². The van der Waals surface area contributed by atoms with E-state index in [1.807, 2.05) is 0 Å². The number of carbonyl (C=O) groups excluding carboxylic acids is 1. The number of nitrogens with one attached hydrogen (secondary N) is 2. The lowest BCUT2D eigenvalue weighted by atomic mass is 10.4. The average molecular weight is 328 g/mol. The van der Waals surface area contributed by atoms with E-state index in [2.05, 4.69) is 26.6 Å². The average Bonchev–Trinajstić information content (AvgIpc) is 2.70. The van der Waals surface area contributed by atoms with Gasteiger partial charge >= 0.3 is 0 Å². The molecule has 7 heteroatoms. The molecule has 0 saturated heterocycles. The fourth-order valence-electron chi connectivity index (χ4n) is 1.09. The van der Waals surface area contributed by atoms with Crippen LogP contribution in [-0.4, -0.2) is 39.3 Å². The summed E-state index contributed by atoms with van der Waals surface area (Å²) in [5.74, 6) is 0.100. The van der Waals surface area contributed by atoms with Gasteiger partial charge in [0.15, 0.2) is 10.4 Å². The molecule has 0 spiro atoms. The molecular weight excluding hydrogens is 311 g/mol. The highest BCUT2D eigenvalue weighted by atomic mass is 79.9. The van der Waals surface area contributed by atoms with Crippen LogP contribution in [0.5, 0.6) is 0 Å². The van der Waals surface area contributed by atoms with Crippen LogP contribution in [0, 0.1) is 0 Å². The molecule has 0 aromatic carbocycles. The Hall–Kier alpha value is -0.560. The third kappa shape index (κ3) is 6.68. The molecule has 0 atom stereocenters. The van der Waals surface area contributed by atoms with Crippen LogP contribution in [0.2, 0.25) is 0 Å². The van der Waals surface area contributed by atoms with Crippen LogP contribution in [0.25, 0.3) is 0 Å². The number of methoxy groups -OCH3 is 1. The quantitative estimate of drug-likeness (QED) is 0.744. The SMILES string of the molecule is COCCNCCNC(=O)c1ccc(Br)o1.Cl. The van der Waals surface area contributed by atoms with E-state index < -0.39 is 0 Å². The molecule has 0 unspecified atom stereocenters. The van der Waals surface area contributed by atoms with Crippen LogP contribution in [0.1, 0.15) is 10.6 Å². The first-order valence-corrected chi connectivity index (χ1v) is 5.76. The summed E-state index contributed by atoms with van der Waals surface area (Å²) < 4.78 is 10.5. The van der Waals surface area contributed by atoms with Gasteiger partial charge in [-0.2, -0.15) is 0 Å². The number of ether oxygens (including phenoxy) is 1.